The van der Waals surface area contributed by atoms with Crippen molar-refractivity contribution in [2.75, 3.05) is 0 Å². The smallest absolute Gasteiger partial charge is 0.115 e. The van der Waals surface area contributed by atoms with Gasteiger partial charge in [0, 0.05) is 37.1 Å². The summed E-state index contributed by atoms with van der Waals surface area (Å²) in [5.41, 5.74) is 3.14. The summed E-state index contributed by atoms with van der Waals surface area (Å²) in [5, 5.41) is 7.98. The minimum absolute atomic E-state index is 0.0945. The zero-order valence-corrected chi connectivity index (χ0v) is 11.4. The van der Waals surface area contributed by atoms with Gasteiger partial charge in [-0.15, -0.1) is 0 Å². The molecule has 0 atom stereocenters. The highest BCUT2D eigenvalue weighted by atomic mass is 15.3. The Morgan fingerprint density at radius 2 is 2.06 bits per heavy atom. The van der Waals surface area contributed by atoms with Crippen LogP contribution in [0, 0.1) is 0 Å². The maximum absolute atomic E-state index is 4.50. The van der Waals surface area contributed by atoms with Crippen LogP contribution in [0.2, 0.25) is 0 Å². The summed E-state index contributed by atoms with van der Waals surface area (Å²) in [6, 6.07) is 5.89. The quantitative estimate of drug-likeness (QED) is 0.901. The molecule has 4 nitrogen and oxygen atoms in total. The third-order valence-electron chi connectivity index (χ3n) is 2.62. The van der Waals surface area contributed by atoms with Crippen LogP contribution >= 0.6 is 0 Å². The largest absolute Gasteiger partial charge is 0.308 e. The lowest BCUT2D eigenvalue weighted by Gasteiger charge is -2.20. The van der Waals surface area contributed by atoms with Crippen LogP contribution in [0.3, 0.4) is 0 Å². The van der Waals surface area contributed by atoms with Crippen molar-refractivity contribution >= 4 is 0 Å². The van der Waals surface area contributed by atoms with Gasteiger partial charge < -0.3 is 5.32 Å². The van der Waals surface area contributed by atoms with E-state index in [4.69, 9.17) is 0 Å². The fraction of sp³-hybridized carbons (Fsp3) is 0.429. The minimum Gasteiger partial charge on any atom is -0.308 e. The lowest BCUT2D eigenvalue weighted by molar-refractivity contribution is 0.424. The molecule has 2 aromatic rings. The van der Waals surface area contributed by atoms with Crippen LogP contribution in [0.5, 0.6) is 0 Å². The molecule has 0 saturated carbocycles. The van der Waals surface area contributed by atoms with Gasteiger partial charge in [0.25, 0.3) is 0 Å². The van der Waals surface area contributed by atoms with Crippen molar-refractivity contribution in [1.29, 1.82) is 0 Å². The van der Waals surface area contributed by atoms with Crippen molar-refractivity contribution in [3.8, 4) is 11.4 Å². The van der Waals surface area contributed by atoms with Crippen LogP contribution in [0.15, 0.2) is 30.6 Å². The van der Waals surface area contributed by atoms with Gasteiger partial charge in [0.15, 0.2) is 0 Å². The molecule has 2 aromatic heterocycles. The SMILES string of the molecule is Cn1cc(CNC(C)(C)C)c(-c2ccccn2)n1. The molecule has 0 aromatic carbocycles. The molecule has 0 bridgehead atoms. The molecule has 0 aliphatic heterocycles. The van der Waals surface area contributed by atoms with Gasteiger partial charge in [-0.1, -0.05) is 6.07 Å². The monoisotopic (exact) mass is 244 g/mol. The Kier molecular flexibility index (Phi) is 3.48. The second-order valence-electron chi connectivity index (χ2n) is 5.50. The average Bonchev–Trinajstić information content (AvgIpc) is 2.68. The molecule has 1 N–H and O–H groups in total. The van der Waals surface area contributed by atoms with Gasteiger partial charge in [0.2, 0.25) is 0 Å². The standard InChI is InChI=1S/C14H20N4/c1-14(2,3)16-9-11-10-18(4)17-13(11)12-7-5-6-8-15-12/h5-8,10,16H,9H2,1-4H3. The number of nitrogens with one attached hydrogen (secondary N) is 1. The molecule has 0 saturated heterocycles. The van der Waals surface area contributed by atoms with E-state index in [1.54, 1.807) is 6.20 Å². The van der Waals surface area contributed by atoms with Gasteiger partial charge in [-0.25, -0.2) is 0 Å². The molecule has 0 spiro atoms. The van der Waals surface area contributed by atoms with Crippen molar-refractivity contribution in [3.05, 3.63) is 36.2 Å². The third-order valence-corrected chi connectivity index (χ3v) is 2.62. The fourth-order valence-corrected chi connectivity index (χ4v) is 1.75. The first-order chi connectivity index (χ1) is 8.46. The first-order valence-corrected chi connectivity index (χ1v) is 6.15. The summed E-state index contributed by atoms with van der Waals surface area (Å²) < 4.78 is 1.84. The second-order valence-corrected chi connectivity index (χ2v) is 5.50. The number of pyridine rings is 1. The predicted molar refractivity (Wildman–Crippen MR) is 73.0 cm³/mol. The lowest BCUT2D eigenvalue weighted by atomic mass is 10.1. The fourth-order valence-electron chi connectivity index (χ4n) is 1.75. The van der Waals surface area contributed by atoms with Crippen molar-refractivity contribution in [3.63, 3.8) is 0 Å². The van der Waals surface area contributed by atoms with Crippen molar-refractivity contribution in [2.45, 2.75) is 32.9 Å². The molecule has 2 heterocycles. The van der Waals surface area contributed by atoms with Crippen molar-refractivity contribution in [1.82, 2.24) is 20.1 Å². The van der Waals surface area contributed by atoms with Crippen LogP contribution in [0.1, 0.15) is 26.3 Å². The van der Waals surface area contributed by atoms with E-state index >= 15 is 0 Å². The Bertz CT molecular complexity index is 508. The van der Waals surface area contributed by atoms with Crippen LogP contribution in [-0.4, -0.2) is 20.3 Å². The average molecular weight is 244 g/mol. The lowest BCUT2D eigenvalue weighted by Crippen LogP contribution is -2.35. The Labute approximate surface area is 108 Å². The summed E-state index contributed by atoms with van der Waals surface area (Å²) >= 11 is 0. The van der Waals surface area contributed by atoms with Crippen molar-refractivity contribution < 1.29 is 0 Å². The van der Waals surface area contributed by atoms with Gasteiger partial charge >= 0.3 is 0 Å². The molecule has 18 heavy (non-hydrogen) atoms. The zero-order valence-electron chi connectivity index (χ0n) is 11.4. The van der Waals surface area contributed by atoms with E-state index in [1.807, 2.05) is 36.1 Å². The normalized spacial score (nSPS) is 11.8. The number of hydrogen-bond acceptors (Lipinski definition) is 3. The molecular formula is C14H20N4. The van der Waals surface area contributed by atoms with Crippen LogP contribution < -0.4 is 5.32 Å². The molecule has 4 heteroatoms. The van der Waals surface area contributed by atoms with Gasteiger partial charge in [-0.2, -0.15) is 5.10 Å². The highest BCUT2D eigenvalue weighted by molar-refractivity contribution is 5.57. The first-order valence-electron chi connectivity index (χ1n) is 6.15. The Morgan fingerprint density at radius 3 is 2.67 bits per heavy atom. The summed E-state index contributed by atoms with van der Waals surface area (Å²) in [6.07, 6.45) is 3.84. The number of nitrogens with zero attached hydrogens (tertiary/aromatic N) is 3. The molecule has 0 aliphatic rings. The molecule has 0 aliphatic carbocycles. The van der Waals surface area contributed by atoms with Crippen molar-refractivity contribution in [2.24, 2.45) is 7.05 Å². The predicted octanol–water partition coefficient (Wildman–Crippen LogP) is 2.37. The van der Waals surface area contributed by atoms with Gasteiger partial charge in [0.05, 0.1) is 5.69 Å². The van der Waals surface area contributed by atoms with E-state index in [0.29, 0.717) is 0 Å². The maximum Gasteiger partial charge on any atom is 0.115 e. The van der Waals surface area contributed by atoms with E-state index in [0.717, 1.165) is 17.9 Å². The maximum atomic E-state index is 4.50. The van der Waals surface area contributed by atoms with Crippen LogP contribution in [0.25, 0.3) is 11.4 Å². The molecule has 0 fully saturated rings. The van der Waals surface area contributed by atoms with Crippen LogP contribution in [0.4, 0.5) is 0 Å². The van der Waals surface area contributed by atoms with E-state index in [2.05, 4.69) is 36.2 Å². The highest BCUT2D eigenvalue weighted by Gasteiger charge is 2.14. The minimum atomic E-state index is 0.0945. The summed E-state index contributed by atoms with van der Waals surface area (Å²) in [7, 11) is 1.94. The molecule has 0 radical (unpaired) electrons. The third kappa shape index (κ3) is 3.17. The topological polar surface area (TPSA) is 42.7 Å². The Morgan fingerprint density at radius 1 is 1.28 bits per heavy atom. The molecule has 2 rings (SSSR count). The zero-order chi connectivity index (χ0) is 13.2. The summed E-state index contributed by atoms with van der Waals surface area (Å²) in [5.74, 6) is 0. The van der Waals surface area contributed by atoms with E-state index < -0.39 is 0 Å². The summed E-state index contributed by atoms with van der Waals surface area (Å²) in [6.45, 7) is 7.26. The van der Waals surface area contributed by atoms with Crippen LogP contribution in [-0.2, 0) is 13.6 Å². The highest BCUT2D eigenvalue weighted by Crippen LogP contribution is 2.19. The van der Waals surface area contributed by atoms with Gasteiger partial charge in [-0.05, 0) is 32.9 Å². The number of aryl methyl sites for hydroxylation is 1. The molecular weight excluding hydrogens is 224 g/mol. The van der Waals surface area contributed by atoms with Gasteiger partial charge in [0.1, 0.15) is 5.69 Å². The van der Waals surface area contributed by atoms with E-state index in [1.165, 1.54) is 5.56 Å². The second kappa shape index (κ2) is 4.90. The van der Waals surface area contributed by atoms with E-state index in [-0.39, 0.29) is 5.54 Å². The van der Waals surface area contributed by atoms with Gasteiger partial charge in [-0.3, -0.25) is 9.67 Å². The number of aromatic nitrogens is 3. The summed E-state index contributed by atoms with van der Waals surface area (Å²) in [4.78, 5) is 4.36. The number of hydrogen-bond donors (Lipinski definition) is 1. The number of rotatable bonds is 3. The Hall–Kier alpha value is -1.68. The van der Waals surface area contributed by atoms with E-state index in [9.17, 15) is 0 Å². The molecule has 0 amide bonds. The molecule has 96 valence electrons. The molecule has 0 unspecified atom stereocenters. The first kappa shape index (κ1) is 12.8. The Balaban J connectivity index is 2.26.